The second-order valence-corrected chi connectivity index (χ2v) is 21.4. The van der Waals surface area contributed by atoms with E-state index in [2.05, 4.69) is 49.2 Å². The van der Waals surface area contributed by atoms with Gasteiger partial charge in [-0.2, -0.15) is 0 Å². The van der Waals surface area contributed by atoms with Gasteiger partial charge in [-0.05, 0) is 105 Å². The number of hydrogen-bond acceptors (Lipinski definition) is 9. The lowest BCUT2D eigenvalue weighted by Crippen LogP contribution is -2.50. The number of nitrogens with zero attached hydrogens (tertiary/aromatic N) is 1. The molecule has 8 unspecified atom stereocenters. The summed E-state index contributed by atoms with van der Waals surface area (Å²) in [4.78, 5) is 16.8. The number of alkyl carbamates (subject to hydrolysis) is 1. The average molecular weight is 799 g/mol. The largest absolute Gasteiger partial charge is 0.446 e. The molecule has 4 aliphatic rings. The second-order valence-electron chi connectivity index (χ2n) is 16.8. The standard InChI is InChI=1S/C39H71N6O5PS2/c1-28(2)9-6-7-10-30-13-15-34-33-14-12-31-27-32(16-18-39(31,5)35(33)17-19-38(30,34)4)50-37(46)44-21-25-52-53-26-22-45-51(47,48-23-8-11-36(41)42)49-24-20-43-29(3)40/h12,28,30,32-35H,6-11,13-27H2,1-5H3,(H2,40,43)(H3,41,42)(H,44,46)(H,45,47). The number of amides is 1. The van der Waals surface area contributed by atoms with Crippen molar-refractivity contribution in [1.82, 2.24) is 10.4 Å². The molecule has 3 saturated carbocycles. The third-order valence-electron chi connectivity index (χ3n) is 12.7. The summed E-state index contributed by atoms with van der Waals surface area (Å²) in [6, 6.07) is 0. The van der Waals surface area contributed by atoms with Gasteiger partial charge < -0.3 is 21.5 Å². The molecule has 3 fully saturated rings. The van der Waals surface area contributed by atoms with E-state index in [4.69, 9.17) is 30.7 Å². The molecule has 0 saturated heterocycles. The van der Waals surface area contributed by atoms with Crippen molar-refractivity contribution >= 4 is 47.1 Å². The van der Waals surface area contributed by atoms with E-state index >= 15 is 0 Å². The van der Waals surface area contributed by atoms with Crippen molar-refractivity contribution in [3.05, 3.63) is 11.6 Å². The maximum atomic E-state index is 13.1. The van der Waals surface area contributed by atoms with Crippen LogP contribution in [0.15, 0.2) is 16.6 Å². The highest BCUT2D eigenvalue weighted by molar-refractivity contribution is 8.76. The van der Waals surface area contributed by atoms with Crippen molar-refractivity contribution in [2.75, 3.05) is 44.4 Å². The topological polar surface area (TPSA) is 174 Å². The number of unbranched alkanes of at least 4 members (excludes halogenated alkanes) is 1. The number of hydrogen-bond donors (Lipinski definition) is 5. The van der Waals surface area contributed by atoms with Gasteiger partial charge >= 0.3 is 13.8 Å². The van der Waals surface area contributed by atoms with E-state index in [9.17, 15) is 9.36 Å². The smallest absolute Gasteiger partial charge is 0.407 e. The molecule has 0 spiro atoms. The highest BCUT2D eigenvalue weighted by Gasteiger charge is 2.58. The Hall–Kier alpha value is -1.24. The van der Waals surface area contributed by atoms with Crippen LogP contribution in [-0.4, -0.2) is 68.2 Å². The van der Waals surface area contributed by atoms with Gasteiger partial charge in [0, 0.05) is 37.4 Å². The SMILES string of the molecule is CC(N)=NCCOP(=O)(NCCSSCCNC(=O)OC1CCC2(C)C(=CCC3C2CCC2(C)C(CCCCC(C)C)CCC32)C1)OCCCC(=N)N. The lowest BCUT2D eigenvalue weighted by molar-refractivity contribution is -0.0519. The van der Waals surface area contributed by atoms with E-state index in [1.165, 1.54) is 57.8 Å². The van der Waals surface area contributed by atoms with Crippen LogP contribution in [0.3, 0.4) is 0 Å². The summed E-state index contributed by atoms with van der Waals surface area (Å²) in [6.45, 7) is 13.0. The molecule has 1 amide bonds. The van der Waals surface area contributed by atoms with E-state index in [0.717, 1.165) is 54.6 Å². The summed E-state index contributed by atoms with van der Waals surface area (Å²) in [6.07, 6.45) is 18.4. The van der Waals surface area contributed by atoms with Crippen molar-refractivity contribution in [2.45, 2.75) is 131 Å². The first-order valence-corrected chi connectivity index (χ1v) is 24.4. The van der Waals surface area contributed by atoms with Crippen LogP contribution in [0, 0.1) is 45.8 Å². The molecule has 14 heteroatoms. The van der Waals surface area contributed by atoms with E-state index in [-0.39, 0.29) is 43.2 Å². The minimum Gasteiger partial charge on any atom is -0.446 e. The fraction of sp³-hybridized carbons (Fsp3) is 0.872. The van der Waals surface area contributed by atoms with Gasteiger partial charge in [0.15, 0.2) is 0 Å². The van der Waals surface area contributed by atoms with Crippen LogP contribution in [0.25, 0.3) is 0 Å². The Bertz CT molecular complexity index is 1300. The number of rotatable bonds is 23. The first-order valence-electron chi connectivity index (χ1n) is 20.4. The van der Waals surface area contributed by atoms with E-state index in [1.807, 2.05) is 0 Å². The molecule has 0 aromatic carbocycles. The van der Waals surface area contributed by atoms with Crippen molar-refractivity contribution < 1.29 is 23.1 Å². The number of nitrogens with two attached hydrogens (primary N) is 2. The van der Waals surface area contributed by atoms with E-state index < -0.39 is 7.75 Å². The predicted molar refractivity (Wildman–Crippen MR) is 223 cm³/mol. The van der Waals surface area contributed by atoms with Crippen LogP contribution in [-0.2, 0) is 18.3 Å². The number of ether oxygens (including phenoxy) is 1. The Morgan fingerprint density at radius 1 is 1.04 bits per heavy atom. The molecule has 7 N–H and O–H groups in total. The number of carbonyl (C=O) groups is 1. The molecule has 11 nitrogen and oxygen atoms in total. The molecule has 8 atom stereocenters. The van der Waals surface area contributed by atoms with Crippen molar-refractivity contribution in [3.63, 3.8) is 0 Å². The second kappa shape index (κ2) is 21.3. The highest BCUT2D eigenvalue weighted by atomic mass is 33.1. The van der Waals surface area contributed by atoms with Gasteiger partial charge in [0.1, 0.15) is 6.10 Å². The summed E-state index contributed by atoms with van der Waals surface area (Å²) in [5.41, 5.74) is 13.3. The molecular formula is C39H71N6O5PS2. The average Bonchev–Trinajstić information content (AvgIpc) is 3.44. The summed E-state index contributed by atoms with van der Waals surface area (Å²) in [7, 11) is -0.289. The van der Waals surface area contributed by atoms with Gasteiger partial charge in [-0.25, -0.2) is 14.4 Å². The molecule has 4 rings (SSSR count). The third-order valence-corrected chi connectivity index (χ3v) is 16.8. The van der Waals surface area contributed by atoms with Gasteiger partial charge in [0.05, 0.1) is 31.4 Å². The summed E-state index contributed by atoms with van der Waals surface area (Å²) >= 11 is 0. The zero-order valence-electron chi connectivity index (χ0n) is 33.3. The molecule has 53 heavy (non-hydrogen) atoms. The van der Waals surface area contributed by atoms with Gasteiger partial charge in [-0.15, -0.1) is 0 Å². The molecule has 0 aromatic rings. The number of carbonyl (C=O) groups excluding carboxylic acids is 1. The fourth-order valence-corrected chi connectivity index (χ4v) is 13.2. The van der Waals surface area contributed by atoms with E-state index in [0.29, 0.717) is 42.9 Å². The maximum absolute atomic E-state index is 13.1. The van der Waals surface area contributed by atoms with Gasteiger partial charge in [-0.3, -0.25) is 19.4 Å². The lowest BCUT2D eigenvalue weighted by atomic mass is 9.47. The Balaban J connectivity index is 1.12. The minimum absolute atomic E-state index is 0.0525. The first-order chi connectivity index (χ1) is 25.3. The minimum atomic E-state index is -3.54. The molecule has 0 radical (unpaired) electrons. The zero-order chi connectivity index (χ0) is 38.5. The van der Waals surface area contributed by atoms with Crippen molar-refractivity contribution in [1.29, 1.82) is 5.41 Å². The molecule has 0 heterocycles. The normalized spacial score (nSPS) is 30.9. The Morgan fingerprint density at radius 2 is 1.79 bits per heavy atom. The Labute approximate surface area is 328 Å². The molecule has 0 bridgehead atoms. The van der Waals surface area contributed by atoms with Crippen molar-refractivity contribution in [2.24, 2.45) is 56.9 Å². The fourth-order valence-electron chi connectivity index (χ4n) is 9.94. The van der Waals surface area contributed by atoms with Crippen LogP contribution < -0.4 is 21.9 Å². The van der Waals surface area contributed by atoms with E-state index in [1.54, 1.807) is 34.1 Å². The maximum Gasteiger partial charge on any atom is 0.407 e. The van der Waals surface area contributed by atoms with Crippen LogP contribution >= 0.6 is 29.3 Å². The predicted octanol–water partition coefficient (Wildman–Crippen LogP) is 9.08. The molecule has 4 aliphatic carbocycles. The highest BCUT2D eigenvalue weighted by Crippen LogP contribution is 2.67. The molecule has 0 aromatic heterocycles. The van der Waals surface area contributed by atoms with Crippen LogP contribution in [0.4, 0.5) is 4.79 Å². The molecular weight excluding hydrogens is 728 g/mol. The number of nitrogens with one attached hydrogen (secondary N) is 3. The Kier molecular flexibility index (Phi) is 17.9. The first kappa shape index (κ1) is 44.5. The number of aliphatic imine (C=N–C) groups is 1. The Morgan fingerprint density at radius 3 is 2.53 bits per heavy atom. The summed E-state index contributed by atoms with van der Waals surface area (Å²) in [5.74, 6) is 6.06. The number of allylic oxidation sites excluding steroid dienone is 1. The van der Waals surface area contributed by atoms with Gasteiger partial charge in [0.25, 0.3) is 0 Å². The third kappa shape index (κ3) is 13.2. The quantitative estimate of drug-likeness (QED) is 0.0168. The van der Waals surface area contributed by atoms with Gasteiger partial charge in [0.2, 0.25) is 0 Å². The van der Waals surface area contributed by atoms with Crippen molar-refractivity contribution in [3.8, 4) is 0 Å². The van der Waals surface area contributed by atoms with Crippen LogP contribution in [0.5, 0.6) is 0 Å². The van der Waals surface area contributed by atoms with Crippen LogP contribution in [0.1, 0.15) is 125 Å². The lowest BCUT2D eigenvalue weighted by Gasteiger charge is -2.58. The number of amidine groups is 2. The zero-order valence-corrected chi connectivity index (χ0v) is 35.8. The molecule has 304 valence electrons. The van der Waals surface area contributed by atoms with Crippen LogP contribution in [0.2, 0.25) is 0 Å². The number of fused-ring (bicyclic) bond motifs is 5. The summed E-state index contributed by atoms with van der Waals surface area (Å²) in [5, 5.41) is 13.2. The molecule has 0 aliphatic heterocycles. The monoisotopic (exact) mass is 798 g/mol. The summed E-state index contributed by atoms with van der Waals surface area (Å²) < 4.78 is 30.2. The van der Waals surface area contributed by atoms with Gasteiger partial charge in [-0.1, -0.05) is 80.2 Å².